The molecule has 1 aliphatic carbocycles. The molecule has 0 N–H and O–H groups in total. The maximum absolute atomic E-state index is 13.7. The van der Waals surface area contributed by atoms with E-state index in [1.54, 1.807) is 4.90 Å². The van der Waals surface area contributed by atoms with Crippen LogP contribution in [0, 0.1) is 17.6 Å². The first kappa shape index (κ1) is 23.0. The van der Waals surface area contributed by atoms with E-state index in [0.29, 0.717) is 43.2 Å². The predicted molar refractivity (Wildman–Crippen MR) is 116 cm³/mol. The Bertz CT molecular complexity index is 822. The van der Waals surface area contributed by atoms with Crippen LogP contribution in [-0.4, -0.2) is 55.9 Å². The van der Waals surface area contributed by atoms with Crippen molar-refractivity contribution in [2.45, 2.75) is 63.9 Å². The molecular weight excluding hydrogens is 418 g/mol. The zero-order chi connectivity index (χ0) is 22.5. The van der Waals surface area contributed by atoms with E-state index in [0.717, 1.165) is 51.4 Å². The molecule has 2 fully saturated rings. The highest BCUT2D eigenvalue weighted by Crippen LogP contribution is 2.31. The first-order valence-corrected chi connectivity index (χ1v) is 11.8. The molecule has 0 atom stereocenters. The van der Waals surface area contributed by atoms with Gasteiger partial charge in [-0.2, -0.15) is 0 Å². The van der Waals surface area contributed by atoms with E-state index in [1.165, 1.54) is 25.3 Å². The lowest BCUT2D eigenvalue weighted by atomic mass is 9.83. The van der Waals surface area contributed by atoms with Crippen molar-refractivity contribution in [2.75, 3.05) is 37.7 Å². The number of likely N-dealkylation sites (tertiary alicyclic amines) is 1. The van der Waals surface area contributed by atoms with Gasteiger partial charge in [-0.25, -0.2) is 13.6 Å². The van der Waals surface area contributed by atoms with Crippen molar-refractivity contribution in [1.29, 1.82) is 0 Å². The number of piperidine rings is 1. The number of fused-ring (bicyclic) bond motifs is 1. The maximum atomic E-state index is 13.7. The van der Waals surface area contributed by atoms with Crippen molar-refractivity contribution in [3.8, 4) is 0 Å². The number of nitrogens with zero attached hydrogens (tertiary/aromatic N) is 2. The molecule has 0 aromatic heterocycles. The van der Waals surface area contributed by atoms with Crippen molar-refractivity contribution in [3.05, 3.63) is 29.3 Å². The molecule has 8 heteroatoms. The van der Waals surface area contributed by atoms with Crippen LogP contribution in [0.3, 0.4) is 0 Å². The highest BCUT2D eigenvalue weighted by molar-refractivity contribution is 5.96. The summed E-state index contributed by atoms with van der Waals surface area (Å²) in [6.45, 7) is 3.33. The molecule has 1 aromatic carbocycles. The third-order valence-corrected chi connectivity index (χ3v) is 6.95. The first-order chi connectivity index (χ1) is 15.5. The fraction of sp³-hybridized carbons (Fsp3) is 0.667. The second-order valence-corrected chi connectivity index (χ2v) is 9.14. The molecule has 0 bridgehead atoms. The Balaban J connectivity index is 1.15. The number of halogens is 2. The Kier molecular flexibility index (Phi) is 7.60. The molecule has 0 unspecified atom stereocenters. The lowest BCUT2D eigenvalue weighted by molar-refractivity contribution is -0.118. The summed E-state index contributed by atoms with van der Waals surface area (Å²) in [5.41, 5.74) is 1.17. The number of aryl methyl sites for hydroxylation is 1. The number of anilines is 1. The van der Waals surface area contributed by atoms with E-state index in [1.807, 2.05) is 0 Å². The van der Waals surface area contributed by atoms with E-state index in [-0.39, 0.29) is 12.0 Å². The third kappa shape index (κ3) is 5.77. The quantitative estimate of drug-likeness (QED) is 0.548. The first-order valence-electron chi connectivity index (χ1n) is 11.8. The van der Waals surface area contributed by atoms with Crippen LogP contribution < -0.4 is 4.90 Å². The fourth-order valence-corrected chi connectivity index (χ4v) is 4.75. The zero-order valence-electron chi connectivity index (χ0n) is 18.5. The monoisotopic (exact) mass is 450 g/mol. The Morgan fingerprint density at radius 2 is 1.78 bits per heavy atom. The standard InChI is InChI=1S/C24H32F2N2O4/c25-20-15-18-5-6-23(29)28(22(18)16-21(20)26)11-2-10-27-12-7-19(8-13-27)32-24(30)31-14-9-17-3-1-4-17/h15-17,19H,1-14H2. The highest BCUT2D eigenvalue weighted by Gasteiger charge is 2.27. The van der Waals surface area contributed by atoms with Crippen molar-refractivity contribution in [3.63, 3.8) is 0 Å². The summed E-state index contributed by atoms with van der Waals surface area (Å²) >= 11 is 0. The van der Waals surface area contributed by atoms with Crippen LogP contribution in [0.25, 0.3) is 0 Å². The number of ether oxygens (including phenoxy) is 2. The van der Waals surface area contributed by atoms with E-state index in [2.05, 4.69) is 4.90 Å². The van der Waals surface area contributed by atoms with Crippen LogP contribution >= 0.6 is 0 Å². The van der Waals surface area contributed by atoms with Gasteiger partial charge < -0.3 is 19.3 Å². The number of hydrogen-bond acceptors (Lipinski definition) is 5. The average molecular weight is 451 g/mol. The van der Waals surface area contributed by atoms with E-state index in [4.69, 9.17) is 9.47 Å². The van der Waals surface area contributed by atoms with Crippen molar-refractivity contribution in [1.82, 2.24) is 4.90 Å². The summed E-state index contributed by atoms with van der Waals surface area (Å²) in [7, 11) is 0. The minimum absolute atomic E-state index is 0.0496. The summed E-state index contributed by atoms with van der Waals surface area (Å²) in [6.07, 6.45) is 7.03. The molecule has 1 amide bonds. The zero-order valence-corrected chi connectivity index (χ0v) is 18.5. The maximum Gasteiger partial charge on any atom is 0.508 e. The van der Waals surface area contributed by atoms with Gasteiger partial charge in [0.2, 0.25) is 5.91 Å². The topological polar surface area (TPSA) is 59.1 Å². The molecule has 2 heterocycles. The molecule has 0 radical (unpaired) electrons. The second kappa shape index (κ2) is 10.6. The molecule has 176 valence electrons. The van der Waals surface area contributed by atoms with Crippen LogP contribution in [0.2, 0.25) is 0 Å². The molecule has 2 aliphatic heterocycles. The van der Waals surface area contributed by atoms with Gasteiger partial charge in [0.15, 0.2) is 11.6 Å². The van der Waals surface area contributed by atoms with Gasteiger partial charge in [0.1, 0.15) is 6.10 Å². The van der Waals surface area contributed by atoms with Gasteiger partial charge in [0.25, 0.3) is 0 Å². The van der Waals surface area contributed by atoms with E-state index < -0.39 is 17.8 Å². The average Bonchev–Trinajstić information content (AvgIpc) is 2.74. The SMILES string of the molecule is O=C(OCCC1CCC1)OC1CCN(CCCN2C(=O)CCc3cc(F)c(F)cc32)CC1. The largest absolute Gasteiger partial charge is 0.508 e. The molecule has 1 saturated carbocycles. The number of benzene rings is 1. The van der Waals surface area contributed by atoms with Gasteiger partial charge in [0.05, 0.1) is 6.61 Å². The Hall–Kier alpha value is -2.22. The molecule has 1 aromatic rings. The number of rotatable bonds is 8. The van der Waals surface area contributed by atoms with Crippen LogP contribution in [0.4, 0.5) is 19.3 Å². The molecule has 0 spiro atoms. The lowest BCUT2D eigenvalue weighted by Gasteiger charge is -2.33. The summed E-state index contributed by atoms with van der Waals surface area (Å²) in [4.78, 5) is 28.1. The Labute approximate surface area is 187 Å². The summed E-state index contributed by atoms with van der Waals surface area (Å²) < 4.78 is 37.9. The van der Waals surface area contributed by atoms with E-state index in [9.17, 15) is 18.4 Å². The van der Waals surface area contributed by atoms with Gasteiger partial charge in [-0.1, -0.05) is 19.3 Å². The van der Waals surface area contributed by atoms with Crippen molar-refractivity contribution >= 4 is 17.7 Å². The van der Waals surface area contributed by atoms with Crippen LogP contribution in [0.1, 0.15) is 56.9 Å². The summed E-state index contributed by atoms with van der Waals surface area (Å²) in [5.74, 6) is -1.14. The van der Waals surface area contributed by atoms with Gasteiger partial charge in [-0.15, -0.1) is 0 Å². The fourth-order valence-electron chi connectivity index (χ4n) is 4.75. The van der Waals surface area contributed by atoms with Crippen molar-refractivity contribution < 1.29 is 27.8 Å². The third-order valence-electron chi connectivity index (χ3n) is 6.95. The molecule has 32 heavy (non-hydrogen) atoms. The van der Waals surface area contributed by atoms with Gasteiger partial charge in [-0.3, -0.25) is 4.79 Å². The molecule has 6 nitrogen and oxygen atoms in total. The normalized spacial score (nSPS) is 20.1. The number of hydrogen-bond donors (Lipinski definition) is 0. The lowest BCUT2D eigenvalue weighted by Crippen LogP contribution is -2.41. The molecule has 4 rings (SSSR count). The minimum atomic E-state index is -0.924. The highest BCUT2D eigenvalue weighted by atomic mass is 19.2. The molecular formula is C24H32F2N2O4. The Morgan fingerprint density at radius 3 is 2.50 bits per heavy atom. The predicted octanol–water partition coefficient (Wildman–Crippen LogP) is 4.44. The Morgan fingerprint density at radius 1 is 1.03 bits per heavy atom. The van der Waals surface area contributed by atoms with E-state index >= 15 is 0 Å². The minimum Gasteiger partial charge on any atom is -0.434 e. The van der Waals surface area contributed by atoms with Crippen LogP contribution in [0.5, 0.6) is 0 Å². The van der Waals surface area contributed by atoms with Crippen LogP contribution in [0.15, 0.2) is 12.1 Å². The van der Waals surface area contributed by atoms with Crippen LogP contribution in [-0.2, 0) is 20.7 Å². The summed E-state index contributed by atoms with van der Waals surface area (Å²) in [5, 5.41) is 0. The number of amides is 1. The molecule has 3 aliphatic rings. The summed E-state index contributed by atoms with van der Waals surface area (Å²) in [6, 6.07) is 2.34. The molecule has 1 saturated heterocycles. The smallest absolute Gasteiger partial charge is 0.434 e. The second-order valence-electron chi connectivity index (χ2n) is 9.14. The van der Waals surface area contributed by atoms with Crippen molar-refractivity contribution in [2.24, 2.45) is 5.92 Å². The number of carbonyl (C=O) groups excluding carboxylic acids is 2. The van der Waals surface area contributed by atoms with Gasteiger partial charge in [-0.05, 0) is 56.2 Å². The van der Waals surface area contributed by atoms with Gasteiger partial charge in [0, 0.05) is 37.8 Å². The number of carbonyl (C=O) groups is 2. The van der Waals surface area contributed by atoms with Gasteiger partial charge >= 0.3 is 6.16 Å².